The first-order chi connectivity index (χ1) is 19.7. The lowest BCUT2D eigenvalue weighted by atomic mass is 9.70. The first-order valence-corrected chi connectivity index (χ1v) is 15.1. The Labute approximate surface area is 246 Å². The molecule has 3 amide bonds. The lowest BCUT2D eigenvalue weighted by molar-refractivity contribution is -0.145. The van der Waals surface area contributed by atoms with Crippen LogP contribution in [0.4, 0.5) is 5.69 Å². The minimum Gasteiger partial charge on any atom is -0.394 e. The van der Waals surface area contributed by atoms with Crippen molar-refractivity contribution in [2.45, 2.75) is 48.8 Å². The molecule has 3 saturated heterocycles. The van der Waals surface area contributed by atoms with Crippen LogP contribution in [0.2, 0.25) is 0 Å². The zero-order valence-corrected chi connectivity index (χ0v) is 24.8. The van der Waals surface area contributed by atoms with E-state index in [2.05, 4.69) is 13.2 Å². The molecule has 1 N–H and O–H groups in total. The van der Waals surface area contributed by atoms with E-state index in [-0.39, 0.29) is 36.1 Å². The largest absolute Gasteiger partial charge is 0.394 e. The van der Waals surface area contributed by atoms with Gasteiger partial charge in [0.25, 0.3) is 5.91 Å². The third-order valence-electron chi connectivity index (χ3n) is 9.02. The van der Waals surface area contributed by atoms with Gasteiger partial charge in [0.2, 0.25) is 11.8 Å². The number of hydrogen-bond donors (Lipinski definition) is 1. The van der Waals surface area contributed by atoms with Crippen LogP contribution in [0.25, 0.3) is 0 Å². The molecule has 0 aliphatic carbocycles. The van der Waals surface area contributed by atoms with E-state index >= 15 is 0 Å². The molecule has 3 aliphatic rings. The number of likely N-dealkylation sites (tertiary alicyclic amines) is 1. The van der Waals surface area contributed by atoms with Gasteiger partial charge >= 0.3 is 0 Å². The summed E-state index contributed by atoms with van der Waals surface area (Å²) in [6, 6.07) is 13.7. The Balaban J connectivity index is 1.67. The summed E-state index contributed by atoms with van der Waals surface area (Å²) in [7, 11) is 1.74. The number of aliphatic hydroxyl groups is 1. The first-order valence-electron chi connectivity index (χ1n) is 14.2. The van der Waals surface area contributed by atoms with Crippen molar-refractivity contribution in [3.05, 3.63) is 90.5 Å². The Morgan fingerprint density at radius 2 is 1.73 bits per heavy atom. The minimum atomic E-state index is -0.853. The summed E-state index contributed by atoms with van der Waals surface area (Å²) in [4.78, 5) is 48.4. The standard InChI is InChI=1S/C33H39N3O4S/c1-6-18-34(5)30(38)26-25-16-17-33(41-25)27(26)31(39)36(24(20-37)23-14-9-8-10-15-23)29(33)32(40)35(19-7-2)28-21(3)12-11-13-22(28)4/h6-15,24-27,29,37H,1-2,16-20H2,3-5H3/t24-,25+,26-,27+,29?,33?/m1/s1. The van der Waals surface area contributed by atoms with Gasteiger partial charge in [-0.1, -0.05) is 60.7 Å². The summed E-state index contributed by atoms with van der Waals surface area (Å²) in [5, 5.41) is 10.7. The summed E-state index contributed by atoms with van der Waals surface area (Å²) in [5.74, 6) is -1.70. The third kappa shape index (κ3) is 4.61. The topological polar surface area (TPSA) is 81.2 Å². The molecule has 1 spiro atoms. The van der Waals surface area contributed by atoms with Crippen molar-refractivity contribution in [3.63, 3.8) is 0 Å². The molecule has 5 rings (SSSR count). The molecular formula is C33H39N3O4S. The number of benzene rings is 2. The number of amides is 3. The Morgan fingerprint density at radius 3 is 2.34 bits per heavy atom. The van der Waals surface area contributed by atoms with Crippen LogP contribution in [0.15, 0.2) is 73.8 Å². The molecule has 2 unspecified atom stereocenters. The van der Waals surface area contributed by atoms with Gasteiger partial charge in [-0.2, -0.15) is 0 Å². The fourth-order valence-corrected chi connectivity index (χ4v) is 9.55. The van der Waals surface area contributed by atoms with Crippen LogP contribution < -0.4 is 4.90 Å². The number of likely N-dealkylation sites (N-methyl/N-ethyl adjacent to an activating group) is 1. The van der Waals surface area contributed by atoms with E-state index in [0.717, 1.165) is 28.8 Å². The maximum atomic E-state index is 15.0. The summed E-state index contributed by atoms with van der Waals surface area (Å²) in [6.45, 7) is 12.0. The SMILES string of the molecule is C=CCN(C)C(=O)[C@@H]1[C@@H]2CCC3(S2)C(C(=O)N(CC=C)c2c(C)cccc2C)N([C@H](CO)c2ccccc2)C(=O)[C@H]13. The number of hydrogen-bond acceptors (Lipinski definition) is 5. The van der Waals surface area contributed by atoms with Gasteiger partial charge in [-0.25, -0.2) is 0 Å². The third-order valence-corrected chi connectivity index (χ3v) is 11.0. The Morgan fingerprint density at radius 1 is 1.07 bits per heavy atom. The first kappa shape index (κ1) is 29.1. The summed E-state index contributed by atoms with van der Waals surface area (Å²) >= 11 is 1.64. The molecule has 0 radical (unpaired) electrons. The zero-order chi connectivity index (χ0) is 29.5. The molecule has 2 aromatic carbocycles. The lowest BCUT2D eigenvalue weighted by Gasteiger charge is -2.40. The second kappa shape index (κ2) is 11.5. The lowest BCUT2D eigenvalue weighted by Crippen LogP contribution is -2.56. The maximum absolute atomic E-state index is 15.0. The van der Waals surface area contributed by atoms with Gasteiger partial charge < -0.3 is 19.8 Å². The van der Waals surface area contributed by atoms with E-state index in [1.54, 1.807) is 45.7 Å². The molecule has 3 heterocycles. The minimum absolute atomic E-state index is 0.0430. The van der Waals surface area contributed by atoms with Crippen molar-refractivity contribution in [3.8, 4) is 0 Å². The molecule has 3 aliphatic heterocycles. The van der Waals surface area contributed by atoms with Crippen molar-refractivity contribution >= 4 is 35.2 Å². The number of thioether (sulfide) groups is 1. The van der Waals surface area contributed by atoms with Crippen molar-refractivity contribution < 1.29 is 19.5 Å². The second-order valence-corrected chi connectivity index (χ2v) is 13.0. The summed E-state index contributed by atoms with van der Waals surface area (Å²) in [5.41, 5.74) is 3.47. The highest BCUT2D eigenvalue weighted by Crippen LogP contribution is 2.67. The average molecular weight is 574 g/mol. The zero-order valence-electron chi connectivity index (χ0n) is 24.0. The molecule has 3 fully saturated rings. The van der Waals surface area contributed by atoms with Crippen LogP contribution >= 0.6 is 11.8 Å². The van der Waals surface area contributed by atoms with E-state index in [1.807, 2.05) is 62.4 Å². The summed E-state index contributed by atoms with van der Waals surface area (Å²) in [6.07, 6.45) is 4.79. The fraction of sp³-hybridized carbons (Fsp3) is 0.424. The number of carbonyl (C=O) groups excluding carboxylic acids is 3. The molecule has 8 heteroatoms. The van der Waals surface area contributed by atoms with Crippen LogP contribution in [-0.2, 0) is 14.4 Å². The van der Waals surface area contributed by atoms with Crippen LogP contribution in [0.3, 0.4) is 0 Å². The Kier molecular flexibility index (Phi) is 8.17. The van der Waals surface area contributed by atoms with E-state index in [1.165, 1.54) is 0 Å². The monoisotopic (exact) mass is 573 g/mol. The average Bonchev–Trinajstić information content (AvgIpc) is 3.60. The van der Waals surface area contributed by atoms with E-state index in [4.69, 9.17) is 0 Å². The Hall–Kier alpha value is -3.36. The highest BCUT2D eigenvalue weighted by atomic mass is 32.2. The number of nitrogens with zero attached hydrogens (tertiary/aromatic N) is 3. The molecule has 0 aromatic heterocycles. The molecule has 2 aromatic rings. The molecule has 41 heavy (non-hydrogen) atoms. The number of carbonyl (C=O) groups is 3. The van der Waals surface area contributed by atoms with E-state index in [9.17, 15) is 19.5 Å². The van der Waals surface area contributed by atoms with Crippen molar-refractivity contribution in [2.75, 3.05) is 31.6 Å². The number of anilines is 1. The van der Waals surface area contributed by atoms with Gasteiger partial charge in [0.15, 0.2) is 0 Å². The molecule has 216 valence electrons. The number of aryl methyl sites for hydroxylation is 2. The predicted molar refractivity (Wildman–Crippen MR) is 164 cm³/mol. The molecule has 6 atom stereocenters. The molecule has 0 saturated carbocycles. The second-order valence-electron chi connectivity index (χ2n) is 11.4. The maximum Gasteiger partial charge on any atom is 0.251 e. The highest BCUT2D eigenvalue weighted by molar-refractivity contribution is 8.02. The number of fused-ring (bicyclic) bond motifs is 1. The van der Waals surface area contributed by atoms with Crippen molar-refractivity contribution in [1.82, 2.24) is 9.80 Å². The van der Waals surface area contributed by atoms with Gasteiger partial charge in [0.1, 0.15) is 6.04 Å². The number of para-hydroxylation sites is 1. The normalized spacial score (nSPS) is 26.9. The molecular weight excluding hydrogens is 534 g/mol. The fourth-order valence-electron chi connectivity index (χ4n) is 7.35. The van der Waals surface area contributed by atoms with E-state index < -0.39 is 28.7 Å². The Bertz CT molecular complexity index is 1340. The number of aliphatic hydroxyl groups excluding tert-OH is 1. The van der Waals surface area contributed by atoms with Gasteiger partial charge in [-0.15, -0.1) is 24.9 Å². The smallest absolute Gasteiger partial charge is 0.251 e. The predicted octanol–water partition coefficient (Wildman–Crippen LogP) is 4.29. The van der Waals surface area contributed by atoms with Crippen LogP contribution in [0.1, 0.15) is 35.6 Å². The van der Waals surface area contributed by atoms with Gasteiger partial charge in [0, 0.05) is 31.1 Å². The van der Waals surface area contributed by atoms with Gasteiger partial charge in [0.05, 0.1) is 29.2 Å². The summed E-state index contributed by atoms with van der Waals surface area (Å²) < 4.78 is -0.771. The quantitative estimate of drug-likeness (QED) is 0.429. The molecule has 7 nitrogen and oxygen atoms in total. The van der Waals surface area contributed by atoms with Gasteiger partial charge in [-0.3, -0.25) is 14.4 Å². The van der Waals surface area contributed by atoms with E-state index in [0.29, 0.717) is 13.0 Å². The molecule has 2 bridgehead atoms. The van der Waals surface area contributed by atoms with Crippen LogP contribution in [-0.4, -0.2) is 75.4 Å². The van der Waals surface area contributed by atoms with Crippen LogP contribution in [0.5, 0.6) is 0 Å². The number of rotatable bonds is 10. The van der Waals surface area contributed by atoms with Crippen LogP contribution in [0, 0.1) is 25.7 Å². The van der Waals surface area contributed by atoms with Gasteiger partial charge in [-0.05, 0) is 43.4 Å². The van der Waals surface area contributed by atoms with Crippen molar-refractivity contribution in [1.29, 1.82) is 0 Å². The highest BCUT2D eigenvalue weighted by Gasteiger charge is 2.74. The van der Waals surface area contributed by atoms with Crippen molar-refractivity contribution in [2.24, 2.45) is 11.8 Å².